The molecule has 0 aliphatic rings. The van der Waals surface area contributed by atoms with Crippen LogP contribution in [0.2, 0.25) is 0 Å². The minimum absolute atomic E-state index is 0. The Morgan fingerprint density at radius 2 is 0.824 bits per heavy atom. The van der Waals surface area contributed by atoms with Gasteiger partial charge >= 0.3 is 21.1 Å². The smallest absolute Gasteiger partial charge is 0.550 e. The van der Waals surface area contributed by atoms with E-state index in [1.54, 1.807) is 0 Å². The van der Waals surface area contributed by atoms with E-state index in [4.69, 9.17) is 42.1 Å². The number of aliphatic carboxylic acids is 2. The Bertz CT molecular complexity index is 170. The van der Waals surface area contributed by atoms with Crippen molar-refractivity contribution in [2.24, 2.45) is 11.5 Å². The molecule has 0 aromatic heterocycles. The van der Waals surface area contributed by atoms with E-state index >= 15 is 0 Å². The van der Waals surface area contributed by atoms with Gasteiger partial charge in [-0.25, -0.2) is 0 Å². The van der Waals surface area contributed by atoms with Gasteiger partial charge in [0.1, 0.15) is 0 Å². The fourth-order valence-electron chi connectivity index (χ4n) is 0. The van der Waals surface area contributed by atoms with Crippen LogP contribution in [0.1, 0.15) is 27.7 Å². The minimum Gasteiger partial charge on any atom is -0.550 e. The second kappa shape index (κ2) is 24.0. The van der Waals surface area contributed by atoms with Crippen LogP contribution in [-0.2, 0) is 30.7 Å². The molecule has 0 rings (SSSR count). The van der Waals surface area contributed by atoms with Gasteiger partial charge in [0, 0.05) is 11.9 Å². The summed E-state index contributed by atoms with van der Waals surface area (Å²) in [6.45, 7) is 5.00. The molecular weight excluding hydrogens is 411 g/mol. The minimum atomic E-state index is -1.08. The molecule has 0 aromatic rings. The van der Waals surface area contributed by atoms with Crippen LogP contribution in [0.25, 0.3) is 0 Å². The van der Waals surface area contributed by atoms with E-state index in [1.807, 2.05) is 0 Å². The molecule has 104 valence electrons. The van der Waals surface area contributed by atoms with Crippen LogP contribution in [0.15, 0.2) is 0 Å². The Hall–Kier alpha value is -1.43. The van der Waals surface area contributed by atoms with E-state index < -0.39 is 11.9 Å². The van der Waals surface area contributed by atoms with E-state index in [0.29, 0.717) is 0 Å². The average molecular weight is 429 g/mol. The molecule has 0 heterocycles. The Labute approximate surface area is 115 Å². The molecular formula is C8H18N4O4Pt. The quantitative estimate of drug-likeness (QED) is 0.242. The molecule has 0 spiro atoms. The molecule has 0 aromatic carbocycles. The summed E-state index contributed by atoms with van der Waals surface area (Å²) >= 11 is 0. The van der Waals surface area contributed by atoms with Gasteiger partial charge in [-0.1, -0.05) is 0 Å². The Kier molecular flexibility index (Phi) is 41.8. The van der Waals surface area contributed by atoms with Crippen molar-refractivity contribution in [2.75, 3.05) is 0 Å². The normalized spacial score (nSPS) is 5.88. The predicted molar refractivity (Wildman–Crippen MR) is 56.5 cm³/mol. The van der Waals surface area contributed by atoms with Gasteiger partial charge in [0.25, 0.3) is 0 Å². The van der Waals surface area contributed by atoms with Crippen molar-refractivity contribution in [2.45, 2.75) is 27.7 Å². The van der Waals surface area contributed by atoms with E-state index in [-0.39, 0.29) is 32.7 Å². The van der Waals surface area contributed by atoms with Crippen molar-refractivity contribution in [3.63, 3.8) is 0 Å². The second-order valence-corrected chi connectivity index (χ2v) is 2.35. The molecule has 0 saturated heterocycles. The number of carbonyl (C=O) groups excluding carboxylic acids is 2. The second-order valence-electron chi connectivity index (χ2n) is 2.35. The van der Waals surface area contributed by atoms with Crippen molar-refractivity contribution in [1.29, 1.82) is 10.8 Å². The molecule has 8 nitrogen and oxygen atoms in total. The summed E-state index contributed by atoms with van der Waals surface area (Å²) in [6.07, 6.45) is 0. The van der Waals surface area contributed by atoms with Gasteiger partial charge in [0.2, 0.25) is 0 Å². The number of hydrogen-bond acceptors (Lipinski definition) is 6. The first kappa shape index (κ1) is 29.6. The Balaban J connectivity index is -0.0000000369. The van der Waals surface area contributed by atoms with E-state index in [9.17, 15) is 0 Å². The molecule has 0 fully saturated rings. The number of carbonyl (C=O) groups is 2. The van der Waals surface area contributed by atoms with Gasteiger partial charge in [0.15, 0.2) is 0 Å². The Morgan fingerprint density at radius 1 is 0.824 bits per heavy atom. The van der Waals surface area contributed by atoms with Crippen LogP contribution in [0.3, 0.4) is 0 Å². The summed E-state index contributed by atoms with van der Waals surface area (Å²) in [5, 5.41) is 30.3. The van der Waals surface area contributed by atoms with Gasteiger partial charge in [-0.05, 0) is 27.7 Å². The summed E-state index contributed by atoms with van der Waals surface area (Å²) < 4.78 is 0. The zero-order chi connectivity index (χ0) is 14.3. The number of nitrogens with one attached hydrogen (secondary N) is 2. The predicted octanol–water partition coefficient (Wildman–Crippen LogP) is -2.61. The maximum Gasteiger partial charge on any atom is 2.00 e. The number of carboxylic acids is 2. The fraction of sp³-hybridized carbons (Fsp3) is 0.500. The van der Waals surface area contributed by atoms with Crippen molar-refractivity contribution in [3.05, 3.63) is 0 Å². The van der Waals surface area contributed by atoms with Crippen LogP contribution < -0.4 is 21.7 Å². The van der Waals surface area contributed by atoms with Gasteiger partial charge in [-0.3, -0.25) is 10.8 Å². The monoisotopic (exact) mass is 429 g/mol. The molecule has 9 heteroatoms. The first-order chi connectivity index (χ1) is 6.93. The molecule has 0 radical (unpaired) electrons. The van der Waals surface area contributed by atoms with E-state index in [0.717, 1.165) is 13.8 Å². The standard InChI is InChI=1S/2C2H6N2.2C2H4O2.Pt/c4*1-2(3)4;/h2*1H3,(H3,3,4);2*1H3,(H,3,4);/q;;;;+2/p-2. The average Bonchev–Trinajstić information content (AvgIpc) is 1.76. The zero-order valence-electron chi connectivity index (χ0n) is 10.1. The maximum atomic E-state index is 8.89. The van der Waals surface area contributed by atoms with E-state index in [2.05, 4.69) is 0 Å². The molecule has 0 bridgehead atoms. The van der Waals surface area contributed by atoms with Crippen LogP contribution >= 0.6 is 0 Å². The van der Waals surface area contributed by atoms with Crippen LogP contribution in [-0.4, -0.2) is 23.6 Å². The van der Waals surface area contributed by atoms with Crippen molar-refractivity contribution in [3.8, 4) is 0 Å². The summed E-state index contributed by atoms with van der Waals surface area (Å²) in [5.74, 6) is -1.83. The fourth-order valence-corrected chi connectivity index (χ4v) is 0. The molecule has 0 aliphatic heterocycles. The molecule has 6 N–H and O–H groups in total. The summed E-state index contributed by atoms with van der Waals surface area (Å²) in [6, 6.07) is 0. The topological polar surface area (TPSA) is 180 Å². The summed E-state index contributed by atoms with van der Waals surface area (Å²) in [4.78, 5) is 17.8. The third kappa shape index (κ3) is 1120. The largest absolute Gasteiger partial charge is 2.00 e. The third-order valence-electron chi connectivity index (χ3n) is 0. The first-order valence-electron chi connectivity index (χ1n) is 3.89. The van der Waals surface area contributed by atoms with Gasteiger partial charge < -0.3 is 31.3 Å². The molecule has 17 heavy (non-hydrogen) atoms. The molecule has 0 aliphatic carbocycles. The first-order valence-corrected chi connectivity index (χ1v) is 3.89. The van der Waals surface area contributed by atoms with Gasteiger partial charge in [0.05, 0.1) is 11.7 Å². The Morgan fingerprint density at radius 3 is 0.824 bits per heavy atom. The number of nitrogens with two attached hydrogens (primary N) is 2. The number of amidine groups is 2. The molecule has 0 amide bonds. The van der Waals surface area contributed by atoms with Crippen molar-refractivity contribution >= 4 is 23.6 Å². The van der Waals surface area contributed by atoms with Crippen molar-refractivity contribution in [1.82, 2.24) is 0 Å². The summed E-state index contributed by atoms with van der Waals surface area (Å²) in [7, 11) is 0. The molecule has 0 unspecified atom stereocenters. The van der Waals surface area contributed by atoms with Gasteiger partial charge in [-0.2, -0.15) is 0 Å². The van der Waals surface area contributed by atoms with Crippen LogP contribution in [0.5, 0.6) is 0 Å². The number of rotatable bonds is 0. The van der Waals surface area contributed by atoms with Crippen LogP contribution in [0, 0.1) is 10.8 Å². The zero-order valence-corrected chi connectivity index (χ0v) is 12.4. The molecule has 0 saturated carbocycles. The summed E-state index contributed by atoms with van der Waals surface area (Å²) in [5.41, 5.74) is 9.39. The number of hydrogen-bond donors (Lipinski definition) is 4. The molecule has 0 atom stereocenters. The number of carboxylic acid groups (broad SMARTS) is 2. The van der Waals surface area contributed by atoms with Crippen LogP contribution in [0.4, 0.5) is 0 Å². The third-order valence-corrected chi connectivity index (χ3v) is 0. The van der Waals surface area contributed by atoms with E-state index in [1.165, 1.54) is 13.8 Å². The SMILES string of the molecule is CC(=N)N.CC(=N)N.CC(=O)[O-].CC(=O)[O-].[Pt+2]. The maximum absolute atomic E-state index is 8.89. The van der Waals surface area contributed by atoms with Crippen molar-refractivity contribution < 1.29 is 40.9 Å². The van der Waals surface area contributed by atoms with Gasteiger partial charge in [-0.15, -0.1) is 0 Å².